The Morgan fingerprint density at radius 3 is 2.69 bits per heavy atom. The standard InChI is InChI=1S/C10H14O3S2.CH4/c1-12-8-5-7(10(11)13-8)6-9-14-3-2-4-15-9;/h6-8H,2-5H2,1H3;1H4. The molecule has 2 saturated heterocycles. The fourth-order valence-corrected chi connectivity index (χ4v) is 4.07. The Bertz CT molecular complexity index is 270. The summed E-state index contributed by atoms with van der Waals surface area (Å²) in [5, 5.41) is 0. The lowest BCUT2D eigenvalue weighted by Gasteiger charge is -2.13. The zero-order valence-corrected chi connectivity index (χ0v) is 10.2. The molecule has 2 aliphatic heterocycles. The number of carbonyl (C=O) groups excluding carboxylic acids is 1. The van der Waals surface area contributed by atoms with E-state index < -0.39 is 0 Å². The van der Waals surface area contributed by atoms with E-state index in [4.69, 9.17) is 9.47 Å². The Balaban J connectivity index is 0.00000128. The molecule has 0 bridgehead atoms. The minimum Gasteiger partial charge on any atom is -0.435 e. The highest BCUT2D eigenvalue weighted by Gasteiger charge is 2.33. The second kappa shape index (κ2) is 6.57. The maximum Gasteiger partial charge on any atom is 0.315 e. The molecule has 0 N–H and O–H groups in total. The molecule has 3 nitrogen and oxygen atoms in total. The number of methoxy groups -OCH3 is 1. The van der Waals surface area contributed by atoms with Crippen LogP contribution >= 0.6 is 23.5 Å². The normalized spacial score (nSPS) is 29.6. The maximum atomic E-state index is 11.5. The van der Waals surface area contributed by atoms with E-state index in [-0.39, 0.29) is 25.6 Å². The molecule has 2 rings (SSSR count). The summed E-state index contributed by atoms with van der Waals surface area (Å²) >= 11 is 3.67. The lowest BCUT2D eigenvalue weighted by molar-refractivity contribution is -0.158. The monoisotopic (exact) mass is 262 g/mol. The molecular formula is C11H18O3S2. The van der Waals surface area contributed by atoms with Crippen LogP contribution in [-0.4, -0.2) is 30.9 Å². The zero-order chi connectivity index (χ0) is 10.7. The van der Waals surface area contributed by atoms with E-state index in [9.17, 15) is 4.79 Å². The Labute approximate surface area is 105 Å². The summed E-state index contributed by atoms with van der Waals surface area (Å²) in [4.78, 5) is 11.5. The van der Waals surface area contributed by atoms with Gasteiger partial charge in [-0.3, -0.25) is 4.79 Å². The number of rotatable bonds is 2. The number of hydrogen-bond donors (Lipinski definition) is 0. The van der Waals surface area contributed by atoms with E-state index in [0.717, 1.165) is 11.5 Å². The third-order valence-corrected chi connectivity index (χ3v) is 4.91. The van der Waals surface area contributed by atoms with Gasteiger partial charge in [-0.25, -0.2) is 0 Å². The lowest BCUT2D eigenvalue weighted by atomic mass is 10.1. The first-order chi connectivity index (χ1) is 7.29. The molecule has 2 heterocycles. The SMILES string of the molecule is C.COC1CC(C=C2SCCCS2)C(=O)O1. The highest BCUT2D eigenvalue weighted by Crippen LogP contribution is 2.37. The number of ether oxygens (including phenoxy) is 2. The van der Waals surface area contributed by atoms with Crippen LogP contribution in [0.2, 0.25) is 0 Å². The highest BCUT2D eigenvalue weighted by atomic mass is 32.2. The average Bonchev–Trinajstić information content (AvgIpc) is 2.61. The van der Waals surface area contributed by atoms with Gasteiger partial charge in [-0.1, -0.05) is 13.5 Å². The maximum absolute atomic E-state index is 11.5. The number of cyclic esters (lactones) is 1. The van der Waals surface area contributed by atoms with Crippen LogP contribution in [-0.2, 0) is 14.3 Å². The fourth-order valence-electron chi connectivity index (χ4n) is 1.56. The van der Waals surface area contributed by atoms with Gasteiger partial charge in [0.15, 0.2) is 0 Å². The van der Waals surface area contributed by atoms with Crippen molar-refractivity contribution in [1.82, 2.24) is 0 Å². The van der Waals surface area contributed by atoms with E-state index >= 15 is 0 Å². The second-order valence-corrected chi connectivity index (χ2v) is 6.01. The van der Waals surface area contributed by atoms with Crippen molar-refractivity contribution in [3.8, 4) is 0 Å². The number of esters is 1. The van der Waals surface area contributed by atoms with Crippen LogP contribution < -0.4 is 0 Å². The summed E-state index contributed by atoms with van der Waals surface area (Å²) in [6.45, 7) is 0. The molecule has 2 atom stereocenters. The van der Waals surface area contributed by atoms with Gasteiger partial charge in [-0.05, 0) is 17.9 Å². The number of hydrogen-bond acceptors (Lipinski definition) is 5. The topological polar surface area (TPSA) is 35.5 Å². The minimum absolute atomic E-state index is 0. The van der Waals surface area contributed by atoms with Crippen molar-refractivity contribution >= 4 is 29.5 Å². The van der Waals surface area contributed by atoms with E-state index in [1.807, 2.05) is 29.6 Å². The predicted molar refractivity (Wildman–Crippen MR) is 69.3 cm³/mol. The van der Waals surface area contributed by atoms with Crippen LogP contribution in [0.5, 0.6) is 0 Å². The number of carbonyl (C=O) groups is 1. The quantitative estimate of drug-likeness (QED) is 0.715. The summed E-state index contributed by atoms with van der Waals surface area (Å²) in [6, 6.07) is 0. The van der Waals surface area contributed by atoms with Crippen molar-refractivity contribution in [2.45, 2.75) is 26.6 Å². The predicted octanol–water partition coefficient (Wildman–Crippen LogP) is 2.87. The molecule has 0 aromatic carbocycles. The molecule has 0 aromatic rings. The highest BCUT2D eigenvalue weighted by molar-refractivity contribution is 8.22. The molecule has 0 saturated carbocycles. The Kier molecular flexibility index (Phi) is 5.72. The van der Waals surface area contributed by atoms with E-state index in [1.165, 1.54) is 10.7 Å². The van der Waals surface area contributed by atoms with Gasteiger partial charge in [-0.2, -0.15) is 0 Å². The van der Waals surface area contributed by atoms with Crippen molar-refractivity contribution in [2.75, 3.05) is 18.6 Å². The molecular weight excluding hydrogens is 244 g/mol. The van der Waals surface area contributed by atoms with Crippen LogP contribution in [0.25, 0.3) is 0 Å². The van der Waals surface area contributed by atoms with E-state index in [0.29, 0.717) is 6.42 Å². The third-order valence-electron chi connectivity index (χ3n) is 2.37. The molecule has 16 heavy (non-hydrogen) atoms. The smallest absolute Gasteiger partial charge is 0.315 e. The second-order valence-electron chi connectivity index (χ2n) is 3.48. The van der Waals surface area contributed by atoms with Gasteiger partial charge in [0, 0.05) is 17.8 Å². The van der Waals surface area contributed by atoms with Crippen molar-refractivity contribution in [2.24, 2.45) is 5.92 Å². The summed E-state index contributed by atoms with van der Waals surface area (Å²) < 4.78 is 11.3. The average molecular weight is 262 g/mol. The van der Waals surface area contributed by atoms with Gasteiger partial charge in [-0.15, -0.1) is 23.5 Å². The van der Waals surface area contributed by atoms with Crippen LogP contribution in [0.1, 0.15) is 20.3 Å². The van der Waals surface area contributed by atoms with Gasteiger partial charge in [0.05, 0.1) is 5.92 Å². The first-order valence-electron chi connectivity index (χ1n) is 5.00. The van der Waals surface area contributed by atoms with Crippen molar-refractivity contribution in [1.29, 1.82) is 0 Å². The van der Waals surface area contributed by atoms with Crippen LogP contribution in [0.3, 0.4) is 0 Å². The van der Waals surface area contributed by atoms with Crippen LogP contribution in [0, 0.1) is 5.92 Å². The van der Waals surface area contributed by atoms with Crippen molar-refractivity contribution in [3.05, 3.63) is 10.3 Å². The van der Waals surface area contributed by atoms with Gasteiger partial charge in [0.25, 0.3) is 0 Å². The van der Waals surface area contributed by atoms with E-state index in [1.54, 1.807) is 7.11 Å². The Morgan fingerprint density at radius 2 is 2.12 bits per heavy atom. The molecule has 5 heteroatoms. The molecule has 0 aromatic heterocycles. The Hall–Kier alpha value is -0.130. The first-order valence-corrected chi connectivity index (χ1v) is 6.97. The van der Waals surface area contributed by atoms with Crippen molar-refractivity contribution in [3.63, 3.8) is 0 Å². The number of thioether (sulfide) groups is 2. The molecule has 2 unspecified atom stereocenters. The molecule has 2 aliphatic rings. The summed E-state index contributed by atoms with van der Waals surface area (Å²) in [7, 11) is 1.57. The molecule has 0 spiro atoms. The molecule has 0 amide bonds. The fraction of sp³-hybridized carbons (Fsp3) is 0.727. The van der Waals surface area contributed by atoms with Crippen LogP contribution in [0.4, 0.5) is 0 Å². The summed E-state index contributed by atoms with van der Waals surface area (Å²) in [6.07, 6.45) is 3.59. The molecule has 2 fully saturated rings. The van der Waals surface area contributed by atoms with Gasteiger partial charge in [0.2, 0.25) is 6.29 Å². The van der Waals surface area contributed by atoms with Crippen molar-refractivity contribution < 1.29 is 14.3 Å². The first kappa shape index (κ1) is 13.9. The lowest BCUT2D eigenvalue weighted by Crippen LogP contribution is -2.08. The summed E-state index contributed by atoms with van der Waals surface area (Å²) in [5.74, 6) is 2.06. The van der Waals surface area contributed by atoms with Gasteiger partial charge in [0.1, 0.15) is 0 Å². The Morgan fingerprint density at radius 1 is 1.44 bits per heavy atom. The third kappa shape index (κ3) is 3.43. The largest absolute Gasteiger partial charge is 0.435 e. The molecule has 92 valence electrons. The zero-order valence-electron chi connectivity index (χ0n) is 8.60. The molecule has 0 aliphatic carbocycles. The van der Waals surface area contributed by atoms with Gasteiger partial charge < -0.3 is 9.47 Å². The minimum atomic E-state index is -0.349. The molecule has 0 radical (unpaired) electrons. The summed E-state index contributed by atoms with van der Waals surface area (Å²) in [5.41, 5.74) is 0. The van der Waals surface area contributed by atoms with Gasteiger partial charge >= 0.3 is 5.97 Å². The van der Waals surface area contributed by atoms with Crippen LogP contribution in [0.15, 0.2) is 10.3 Å². The van der Waals surface area contributed by atoms with E-state index in [2.05, 4.69) is 0 Å².